The first-order valence-electron chi connectivity index (χ1n) is 19.4. The van der Waals surface area contributed by atoms with Crippen molar-refractivity contribution in [3.8, 4) is 33.4 Å². The van der Waals surface area contributed by atoms with Gasteiger partial charge in [0.25, 0.3) is 0 Å². The van der Waals surface area contributed by atoms with Crippen molar-refractivity contribution in [1.82, 2.24) is 9.97 Å². The smallest absolute Gasteiger partial charge is 0.0502 e. The van der Waals surface area contributed by atoms with Crippen LogP contribution < -0.4 is 9.80 Å². The van der Waals surface area contributed by atoms with E-state index in [1.54, 1.807) is 0 Å². The number of hydrogen-bond donors (Lipinski definition) is 0. The predicted octanol–water partition coefficient (Wildman–Crippen LogP) is 13.7. The third kappa shape index (κ3) is 5.36. The van der Waals surface area contributed by atoms with E-state index in [2.05, 4.69) is 195 Å². The van der Waals surface area contributed by atoms with E-state index in [4.69, 9.17) is 9.97 Å². The van der Waals surface area contributed by atoms with Crippen molar-refractivity contribution in [2.75, 3.05) is 9.80 Å². The highest BCUT2D eigenvalue weighted by Gasteiger charge is 2.37. The van der Waals surface area contributed by atoms with Gasteiger partial charge in [-0.3, -0.25) is 9.97 Å². The fraction of sp³-hybridized carbons (Fsp3) is 0.115. The maximum absolute atomic E-state index is 4.69. The molecule has 8 aromatic rings. The van der Waals surface area contributed by atoms with E-state index in [1.807, 2.05) is 24.8 Å². The van der Waals surface area contributed by atoms with Crippen LogP contribution in [0.1, 0.15) is 49.9 Å². The molecule has 2 aliphatic heterocycles. The molecule has 0 N–H and O–H groups in total. The summed E-state index contributed by atoms with van der Waals surface area (Å²) < 4.78 is 0. The van der Waals surface area contributed by atoms with Crippen LogP contribution in [0.3, 0.4) is 0 Å². The fourth-order valence-electron chi connectivity index (χ4n) is 9.01. The van der Waals surface area contributed by atoms with Gasteiger partial charge in [-0.1, -0.05) is 125 Å². The van der Waals surface area contributed by atoms with Crippen LogP contribution in [-0.4, -0.2) is 9.97 Å². The van der Waals surface area contributed by atoms with Gasteiger partial charge in [0.1, 0.15) is 0 Å². The van der Waals surface area contributed by atoms with E-state index in [9.17, 15) is 0 Å². The summed E-state index contributed by atoms with van der Waals surface area (Å²) >= 11 is 0. The van der Waals surface area contributed by atoms with E-state index >= 15 is 0 Å². The monoisotopic (exact) mass is 722 g/mol. The molecule has 2 aromatic heterocycles. The molecule has 270 valence electrons. The lowest BCUT2D eigenvalue weighted by atomic mass is 9.73. The fourth-order valence-corrected chi connectivity index (χ4v) is 9.01. The number of aromatic nitrogens is 2. The van der Waals surface area contributed by atoms with Gasteiger partial charge in [0, 0.05) is 69.2 Å². The lowest BCUT2D eigenvalue weighted by molar-refractivity contribution is 0.632. The molecule has 0 saturated heterocycles. The normalized spacial score (nSPS) is 14.6. The SMILES string of the molecule is CC1(C)c2ccccc2N(c2ccc(-c3cncc(-c4cncc(-c5ccc(N6c7ccccc7C(C)(C)c7ccccc76)cc5)c4)c3)cc2)c2ccccc21. The number of benzene rings is 6. The van der Waals surface area contributed by atoms with Crippen LogP contribution in [-0.2, 0) is 10.8 Å². The van der Waals surface area contributed by atoms with Gasteiger partial charge in [-0.15, -0.1) is 0 Å². The Morgan fingerprint density at radius 3 is 0.893 bits per heavy atom. The van der Waals surface area contributed by atoms with Crippen LogP contribution in [0.4, 0.5) is 34.1 Å². The molecule has 10 rings (SSSR count). The highest BCUT2D eigenvalue weighted by Crippen LogP contribution is 2.53. The second-order valence-corrected chi connectivity index (χ2v) is 16.0. The zero-order chi connectivity index (χ0) is 38.0. The molecule has 0 unspecified atom stereocenters. The molecule has 0 bridgehead atoms. The minimum atomic E-state index is -0.0873. The minimum Gasteiger partial charge on any atom is -0.310 e. The van der Waals surface area contributed by atoms with Gasteiger partial charge < -0.3 is 9.80 Å². The summed E-state index contributed by atoms with van der Waals surface area (Å²) in [6.45, 7) is 9.28. The van der Waals surface area contributed by atoms with Crippen LogP contribution in [0.5, 0.6) is 0 Å². The van der Waals surface area contributed by atoms with Crippen molar-refractivity contribution in [2.45, 2.75) is 38.5 Å². The van der Waals surface area contributed by atoms with Gasteiger partial charge in [-0.25, -0.2) is 0 Å². The Labute approximate surface area is 329 Å². The topological polar surface area (TPSA) is 32.3 Å². The van der Waals surface area contributed by atoms with Crippen molar-refractivity contribution in [2.24, 2.45) is 0 Å². The van der Waals surface area contributed by atoms with Crippen LogP contribution in [0.2, 0.25) is 0 Å². The molecule has 4 heterocycles. The first-order chi connectivity index (χ1) is 27.3. The van der Waals surface area contributed by atoms with Gasteiger partial charge in [-0.05, 0) is 94.0 Å². The zero-order valence-electron chi connectivity index (χ0n) is 32.1. The summed E-state index contributed by atoms with van der Waals surface area (Å²) in [6.07, 6.45) is 7.75. The first kappa shape index (κ1) is 33.8. The van der Waals surface area contributed by atoms with Gasteiger partial charge in [0.05, 0.1) is 22.7 Å². The summed E-state index contributed by atoms with van der Waals surface area (Å²) in [6, 6.07) is 57.2. The third-order valence-electron chi connectivity index (χ3n) is 12.0. The maximum Gasteiger partial charge on any atom is 0.0502 e. The molecule has 0 aliphatic carbocycles. The summed E-state index contributed by atoms with van der Waals surface area (Å²) in [5.41, 5.74) is 18.7. The summed E-state index contributed by atoms with van der Waals surface area (Å²) in [5.74, 6) is 0. The molecule has 4 heteroatoms. The maximum atomic E-state index is 4.69. The Balaban J connectivity index is 0.939. The van der Waals surface area contributed by atoms with Gasteiger partial charge in [0.2, 0.25) is 0 Å². The molecule has 0 amide bonds. The molecule has 56 heavy (non-hydrogen) atoms. The third-order valence-corrected chi connectivity index (χ3v) is 12.0. The Bertz CT molecular complexity index is 2470. The molecule has 0 saturated carbocycles. The molecular weight excluding hydrogens is 681 g/mol. The number of hydrogen-bond acceptors (Lipinski definition) is 4. The standard InChI is InChI=1S/C52H42N4/c1-51(2)43-13-5-9-17-47(43)55(48-18-10-6-14-44(48)51)41-25-21-35(22-26-41)37-29-39(33-53-31-37)40-30-38(32-54-34-40)36-23-27-42(28-24-36)56-49-19-11-7-15-45(49)52(3,4)46-16-8-12-20-50(46)56/h5-34H,1-4H3. The lowest BCUT2D eigenvalue weighted by Crippen LogP contribution is -2.30. The zero-order valence-corrected chi connectivity index (χ0v) is 32.1. The summed E-state index contributed by atoms with van der Waals surface area (Å²) in [4.78, 5) is 14.2. The van der Waals surface area contributed by atoms with Gasteiger partial charge in [-0.2, -0.15) is 0 Å². The molecule has 6 aromatic carbocycles. The van der Waals surface area contributed by atoms with E-state index < -0.39 is 0 Å². The summed E-state index contributed by atoms with van der Waals surface area (Å²) in [5, 5.41) is 0. The minimum absolute atomic E-state index is 0.0873. The van der Waals surface area contributed by atoms with Crippen molar-refractivity contribution < 1.29 is 0 Å². The van der Waals surface area contributed by atoms with Gasteiger partial charge >= 0.3 is 0 Å². The van der Waals surface area contributed by atoms with Crippen molar-refractivity contribution in [1.29, 1.82) is 0 Å². The van der Waals surface area contributed by atoms with E-state index in [-0.39, 0.29) is 10.8 Å². The average Bonchev–Trinajstić information content (AvgIpc) is 3.25. The van der Waals surface area contributed by atoms with Crippen LogP contribution in [0, 0.1) is 0 Å². The van der Waals surface area contributed by atoms with E-state index in [1.165, 1.54) is 45.0 Å². The van der Waals surface area contributed by atoms with Crippen LogP contribution in [0.25, 0.3) is 33.4 Å². The second kappa shape index (κ2) is 12.9. The number of anilines is 6. The van der Waals surface area contributed by atoms with Crippen LogP contribution >= 0.6 is 0 Å². The molecule has 0 radical (unpaired) electrons. The first-order valence-corrected chi connectivity index (χ1v) is 19.4. The second-order valence-electron chi connectivity index (χ2n) is 16.0. The molecule has 0 atom stereocenters. The number of fused-ring (bicyclic) bond motifs is 4. The molecule has 0 spiro atoms. The Kier molecular flexibility index (Phi) is 7.79. The lowest BCUT2D eigenvalue weighted by Gasteiger charge is -2.42. The highest BCUT2D eigenvalue weighted by atomic mass is 15.2. The quantitative estimate of drug-likeness (QED) is 0.177. The number of pyridine rings is 2. The Morgan fingerprint density at radius 2 is 0.589 bits per heavy atom. The van der Waals surface area contributed by atoms with Crippen LogP contribution in [0.15, 0.2) is 183 Å². The van der Waals surface area contributed by atoms with E-state index in [0.29, 0.717) is 0 Å². The number of nitrogens with zero attached hydrogens (tertiary/aromatic N) is 4. The largest absolute Gasteiger partial charge is 0.310 e. The van der Waals surface area contributed by atoms with E-state index in [0.717, 1.165) is 44.8 Å². The Morgan fingerprint density at radius 1 is 0.321 bits per heavy atom. The highest BCUT2D eigenvalue weighted by molar-refractivity contribution is 5.88. The number of rotatable bonds is 5. The molecule has 4 nitrogen and oxygen atoms in total. The molecular formula is C52H42N4. The average molecular weight is 723 g/mol. The molecule has 0 fully saturated rings. The number of para-hydroxylation sites is 4. The van der Waals surface area contributed by atoms with Crippen molar-refractivity contribution >= 4 is 34.1 Å². The Hall–Kier alpha value is -6.78. The summed E-state index contributed by atoms with van der Waals surface area (Å²) in [7, 11) is 0. The molecule has 2 aliphatic rings. The van der Waals surface area contributed by atoms with Crippen molar-refractivity contribution in [3.63, 3.8) is 0 Å². The van der Waals surface area contributed by atoms with Gasteiger partial charge in [0.15, 0.2) is 0 Å². The predicted molar refractivity (Wildman–Crippen MR) is 232 cm³/mol. The van der Waals surface area contributed by atoms with Crippen molar-refractivity contribution in [3.05, 3.63) is 205 Å².